The molecule has 1 N–H and O–H groups in total. The molecule has 2 atom stereocenters. The first-order valence-electron chi connectivity index (χ1n) is 36.6. The van der Waals surface area contributed by atoms with Crippen LogP contribution in [0.25, 0.3) is 0 Å². The van der Waals surface area contributed by atoms with Gasteiger partial charge < -0.3 is 28.5 Å². The van der Waals surface area contributed by atoms with Crippen LogP contribution in [0.1, 0.15) is 284 Å². The molecule has 0 heterocycles. The summed E-state index contributed by atoms with van der Waals surface area (Å²) < 4.78 is 22.9. The van der Waals surface area contributed by atoms with E-state index in [2.05, 4.69) is 172 Å². The lowest BCUT2D eigenvalue weighted by atomic mass is 10.0. The van der Waals surface area contributed by atoms with Gasteiger partial charge in [-0.2, -0.15) is 0 Å². The van der Waals surface area contributed by atoms with Gasteiger partial charge in [0.1, 0.15) is 13.2 Å². The summed E-state index contributed by atoms with van der Waals surface area (Å²) in [5.41, 5.74) is 0. The van der Waals surface area contributed by atoms with E-state index >= 15 is 0 Å². The van der Waals surface area contributed by atoms with E-state index < -0.39 is 24.3 Å². The number of rotatable bonds is 66. The molecule has 516 valence electrons. The molecule has 0 radical (unpaired) electrons. The second kappa shape index (κ2) is 70.8. The van der Waals surface area contributed by atoms with Crippen LogP contribution in [-0.2, 0) is 33.3 Å². The van der Waals surface area contributed by atoms with Gasteiger partial charge in [-0.3, -0.25) is 9.59 Å². The lowest BCUT2D eigenvalue weighted by Gasteiger charge is -2.25. The molecule has 2 unspecified atom stereocenters. The van der Waals surface area contributed by atoms with Gasteiger partial charge >= 0.3 is 17.9 Å². The fourth-order valence-electron chi connectivity index (χ4n) is 9.70. The van der Waals surface area contributed by atoms with Crippen LogP contribution in [0.2, 0.25) is 0 Å². The molecule has 0 saturated heterocycles. The number of unbranched alkanes of at least 4 members (excludes halogenated alkanes) is 25. The number of carboxylic acids is 1. The van der Waals surface area contributed by atoms with Crippen LogP contribution in [0.3, 0.4) is 0 Å². The first kappa shape index (κ1) is 85.9. The normalized spacial score (nSPS) is 13.6. The van der Waals surface area contributed by atoms with Gasteiger partial charge in [-0.25, -0.2) is 4.79 Å². The van der Waals surface area contributed by atoms with Crippen LogP contribution >= 0.6 is 0 Å². The predicted molar refractivity (Wildman–Crippen MR) is 391 cm³/mol. The van der Waals surface area contributed by atoms with Crippen molar-refractivity contribution in [1.29, 1.82) is 0 Å². The lowest BCUT2D eigenvalue weighted by molar-refractivity contribution is -0.870. The Hall–Kier alpha value is -5.09. The average molecular weight is 1260 g/mol. The van der Waals surface area contributed by atoms with Gasteiger partial charge in [-0.1, -0.05) is 300 Å². The first-order valence-corrected chi connectivity index (χ1v) is 36.6. The number of esters is 2. The van der Waals surface area contributed by atoms with E-state index in [4.69, 9.17) is 18.9 Å². The van der Waals surface area contributed by atoms with Crippen LogP contribution in [0.5, 0.6) is 0 Å². The summed E-state index contributed by atoms with van der Waals surface area (Å²) in [5, 5.41) is 9.75. The minimum atomic E-state index is -1.53. The SMILES string of the molecule is CC/C=C\C/C=C\C/C=C\C/C=C\C/C=C\C/C=C\C/C=C\C/C=C\C/C=C\C/C=C\C/C=C\CCCCCC(=O)OC(COC(=O)CCCCCCCCCCCCCCCCCCC/C=C\C/C=C\CCCCCCC)COC(OCC[N+](C)(C)C)C(=O)O. The molecule has 0 amide bonds. The first-order chi connectivity index (χ1) is 44.6. The molecule has 0 aliphatic carbocycles. The summed E-state index contributed by atoms with van der Waals surface area (Å²) in [7, 11) is 5.96. The van der Waals surface area contributed by atoms with Crippen molar-refractivity contribution in [3.05, 3.63) is 158 Å². The Labute approximate surface area is 559 Å². The number of allylic oxidation sites excluding steroid dienone is 26. The quantitative estimate of drug-likeness (QED) is 0.0211. The summed E-state index contributed by atoms with van der Waals surface area (Å²) in [6.07, 6.45) is 102. The molecule has 0 aromatic rings. The molecule has 0 rings (SSSR count). The highest BCUT2D eigenvalue weighted by atomic mass is 16.7. The number of carbonyl (C=O) groups excluding carboxylic acids is 2. The number of aliphatic carboxylic acids is 1. The fraction of sp³-hybridized carbons (Fsp3) is 0.646. The van der Waals surface area contributed by atoms with E-state index in [9.17, 15) is 19.5 Å². The van der Waals surface area contributed by atoms with Crippen LogP contribution in [0.15, 0.2) is 158 Å². The highest BCUT2D eigenvalue weighted by Crippen LogP contribution is 2.16. The standard InChI is InChI=1S/C82H135NO8/c1-6-8-10-12-14-16-18-20-22-24-26-28-30-32-34-36-37-38-39-40-41-42-43-45-47-49-51-53-55-57-59-61-63-65-67-69-71-73-80(85)91-78(77-90-82(81(86)87)88-75-74-83(3,4)5)76-89-79(84)72-70-68-66-64-62-60-58-56-54-52-50-48-46-44-35-33-31-29-27-25-23-21-19-17-15-13-11-9-7-2/h8,10,14,16,19-22,25-28,32,34,37-38,40-41,43,45,49,51,55,57,61,63,78,82H,6-7,9,11-13,15,17-18,23-24,29-31,33,35-36,39,42,44,46-48,50,52-54,56,58-60,62,64-77H2,1-5H3/p+1/b10-8-,16-14-,21-19-,22-20-,27-25-,28-26-,34-32-,38-37-,41-40-,45-43-,51-49-,57-55-,63-61-. The Morgan fingerprint density at radius 1 is 0.341 bits per heavy atom. The zero-order valence-electron chi connectivity index (χ0n) is 58.9. The zero-order chi connectivity index (χ0) is 66.1. The number of carbonyl (C=O) groups is 3. The van der Waals surface area contributed by atoms with Gasteiger partial charge in [0.15, 0.2) is 6.10 Å². The van der Waals surface area contributed by atoms with Crippen molar-refractivity contribution in [1.82, 2.24) is 0 Å². The van der Waals surface area contributed by atoms with Crippen molar-refractivity contribution in [3.63, 3.8) is 0 Å². The zero-order valence-corrected chi connectivity index (χ0v) is 58.9. The van der Waals surface area contributed by atoms with E-state index in [0.717, 1.165) is 116 Å². The molecule has 91 heavy (non-hydrogen) atoms. The van der Waals surface area contributed by atoms with Crippen molar-refractivity contribution in [2.75, 3.05) is 47.5 Å². The molecule has 0 aromatic carbocycles. The summed E-state index contributed by atoms with van der Waals surface area (Å²) in [6, 6.07) is 0. The highest BCUT2D eigenvalue weighted by molar-refractivity contribution is 5.71. The second-order valence-corrected chi connectivity index (χ2v) is 25.2. The van der Waals surface area contributed by atoms with Crippen molar-refractivity contribution in [3.8, 4) is 0 Å². The number of ether oxygens (including phenoxy) is 4. The monoisotopic (exact) mass is 1260 g/mol. The number of quaternary nitrogens is 1. The second-order valence-electron chi connectivity index (χ2n) is 25.2. The highest BCUT2D eigenvalue weighted by Gasteiger charge is 2.25. The van der Waals surface area contributed by atoms with Gasteiger partial charge in [-0.05, 0) is 128 Å². The third-order valence-corrected chi connectivity index (χ3v) is 15.3. The third-order valence-electron chi connectivity index (χ3n) is 15.3. The Bertz CT molecular complexity index is 2060. The third kappa shape index (κ3) is 72.2. The molecule has 0 spiro atoms. The number of carboxylic acid groups (broad SMARTS) is 1. The average Bonchev–Trinajstić information content (AvgIpc) is 3.50. The minimum absolute atomic E-state index is 0.173. The molecule has 0 bridgehead atoms. The van der Waals surface area contributed by atoms with Crippen LogP contribution in [0, 0.1) is 0 Å². The van der Waals surface area contributed by atoms with Gasteiger partial charge in [0.05, 0.1) is 34.4 Å². The maximum absolute atomic E-state index is 12.9. The van der Waals surface area contributed by atoms with Crippen LogP contribution in [-0.4, -0.2) is 87.4 Å². The number of likely N-dealkylation sites (N-methyl/N-ethyl adjacent to an activating group) is 1. The van der Waals surface area contributed by atoms with Crippen molar-refractivity contribution in [2.45, 2.75) is 296 Å². The Morgan fingerprint density at radius 2 is 0.626 bits per heavy atom. The van der Waals surface area contributed by atoms with Gasteiger partial charge in [0.25, 0.3) is 6.29 Å². The molecular formula is C82H136NO8+. The topological polar surface area (TPSA) is 108 Å². The largest absolute Gasteiger partial charge is 0.477 e. The fourth-order valence-corrected chi connectivity index (χ4v) is 9.70. The van der Waals surface area contributed by atoms with E-state index in [1.807, 2.05) is 21.1 Å². The maximum Gasteiger partial charge on any atom is 0.361 e. The molecule has 0 aromatic heterocycles. The maximum atomic E-state index is 12.9. The Kier molecular flexibility index (Phi) is 66.8. The van der Waals surface area contributed by atoms with Crippen LogP contribution < -0.4 is 0 Å². The van der Waals surface area contributed by atoms with E-state index in [0.29, 0.717) is 17.4 Å². The Balaban J connectivity index is 4.22. The van der Waals surface area contributed by atoms with E-state index in [1.54, 1.807) is 0 Å². The predicted octanol–water partition coefficient (Wildman–Crippen LogP) is 23.2. The van der Waals surface area contributed by atoms with Gasteiger partial charge in [0, 0.05) is 12.8 Å². The summed E-state index contributed by atoms with van der Waals surface area (Å²) >= 11 is 0. The number of nitrogens with zero attached hydrogens (tertiary/aromatic N) is 1. The van der Waals surface area contributed by atoms with Gasteiger partial charge in [-0.15, -0.1) is 0 Å². The lowest BCUT2D eigenvalue weighted by Crippen LogP contribution is -2.40. The molecule has 0 aliphatic heterocycles. The van der Waals surface area contributed by atoms with E-state index in [1.165, 1.54) is 135 Å². The molecule has 0 saturated carbocycles. The summed E-state index contributed by atoms with van der Waals surface area (Å²) in [4.78, 5) is 37.6. The summed E-state index contributed by atoms with van der Waals surface area (Å²) in [6.45, 7) is 4.72. The number of hydrogen-bond acceptors (Lipinski definition) is 7. The van der Waals surface area contributed by atoms with Crippen molar-refractivity contribution in [2.24, 2.45) is 0 Å². The minimum Gasteiger partial charge on any atom is -0.477 e. The van der Waals surface area contributed by atoms with Crippen molar-refractivity contribution < 1.29 is 42.9 Å². The molecule has 0 fully saturated rings. The number of hydrogen-bond donors (Lipinski definition) is 1. The Morgan fingerprint density at radius 3 is 0.945 bits per heavy atom. The van der Waals surface area contributed by atoms with Crippen molar-refractivity contribution >= 4 is 17.9 Å². The van der Waals surface area contributed by atoms with Gasteiger partial charge in [0.2, 0.25) is 0 Å². The van der Waals surface area contributed by atoms with Crippen LogP contribution in [0.4, 0.5) is 0 Å². The molecular weight excluding hydrogens is 1130 g/mol. The molecule has 0 aliphatic rings. The molecule has 9 heteroatoms. The molecule has 9 nitrogen and oxygen atoms in total. The summed E-state index contributed by atoms with van der Waals surface area (Å²) in [5.74, 6) is -2.06. The van der Waals surface area contributed by atoms with E-state index in [-0.39, 0.29) is 38.6 Å². The smallest absolute Gasteiger partial charge is 0.361 e.